The number of sulfonamides is 2. The van der Waals surface area contributed by atoms with Crippen molar-refractivity contribution in [2.45, 2.75) is 16.0 Å². The number of amides is 1. The van der Waals surface area contributed by atoms with E-state index in [1.54, 1.807) is 4.72 Å². The lowest BCUT2D eigenvalue weighted by atomic mass is 10.2. The first-order valence-electron chi connectivity index (χ1n) is 8.46. The summed E-state index contributed by atoms with van der Waals surface area (Å²) in [5.74, 6) is -1.07. The highest BCUT2D eigenvalue weighted by atomic mass is 79.9. The number of primary sulfonamides is 1. The third-order valence-corrected chi connectivity index (χ3v) is 6.76. The van der Waals surface area contributed by atoms with E-state index in [1.165, 1.54) is 24.3 Å². The number of carbonyl (C=O) groups excluding carboxylic acids is 1. The number of nitrogens with two attached hydrogens (primary N) is 1. The van der Waals surface area contributed by atoms with E-state index in [1.807, 2.05) is 0 Å². The molecule has 0 radical (unpaired) electrons. The van der Waals surface area contributed by atoms with Gasteiger partial charge in [-0.25, -0.2) is 26.7 Å². The van der Waals surface area contributed by atoms with E-state index < -0.39 is 48.5 Å². The molecule has 0 aromatic heterocycles. The monoisotopic (exact) mass is 560 g/mol. The molecule has 0 fully saturated rings. The zero-order chi connectivity index (χ0) is 24.2. The van der Waals surface area contributed by atoms with E-state index >= 15 is 0 Å². The maximum atomic E-state index is 12.6. The van der Waals surface area contributed by atoms with Crippen molar-refractivity contribution in [3.63, 3.8) is 0 Å². The minimum absolute atomic E-state index is 0.0376. The summed E-state index contributed by atoms with van der Waals surface area (Å²) in [6.07, 6.45) is -4.48. The largest absolute Gasteiger partial charge is 0.490 e. The fourth-order valence-corrected chi connectivity index (χ4v) is 5.01. The van der Waals surface area contributed by atoms with Gasteiger partial charge in [0, 0.05) is 5.56 Å². The number of hydrogen-bond donors (Lipinski definition) is 2. The number of alkyl halides is 3. The second-order valence-corrected chi connectivity index (χ2v) is 10.1. The standard InChI is InChI=1S/C17H16BrF3N2O7S2/c18-12-6-5-11(9-13(12)30-8-7-29-10-17(19,20)21)16(24)23-32(27,28)15-4-2-1-3-14(15)31(22,25)26/h1-6,9H,7-8,10H2,(H,23,24)(H2,22,25,26). The van der Waals surface area contributed by atoms with Crippen molar-refractivity contribution in [2.24, 2.45) is 5.14 Å². The number of halogens is 4. The quantitative estimate of drug-likeness (QED) is 0.447. The van der Waals surface area contributed by atoms with Crippen molar-refractivity contribution >= 4 is 41.9 Å². The molecule has 0 heterocycles. The highest BCUT2D eigenvalue weighted by Gasteiger charge is 2.28. The highest BCUT2D eigenvalue weighted by Crippen LogP contribution is 2.27. The van der Waals surface area contributed by atoms with E-state index in [0.717, 1.165) is 18.2 Å². The molecule has 176 valence electrons. The third-order valence-electron chi connectivity index (χ3n) is 3.62. The van der Waals surface area contributed by atoms with Crippen molar-refractivity contribution < 1.29 is 44.3 Å². The second-order valence-electron chi connectivity index (χ2n) is 6.09. The van der Waals surface area contributed by atoms with Crippen LogP contribution in [-0.4, -0.2) is 48.7 Å². The van der Waals surface area contributed by atoms with Gasteiger partial charge in [-0.1, -0.05) is 12.1 Å². The molecule has 1 amide bonds. The molecule has 15 heteroatoms. The van der Waals surface area contributed by atoms with E-state index in [0.29, 0.717) is 4.47 Å². The molecular weight excluding hydrogens is 545 g/mol. The van der Waals surface area contributed by atoms with Crippen molar-refractivity contribution in [3.8, 4) is 5.75 Å². The van der Waals surface area contributed by atoms with Crippen LogP contribution >= 0.6 is 15.9 Å². The lowest BCUT2D eigenvalue weighted by Gasteiger charge is -2.13. The van der Waals surface area contributed by atoms with Crippen LogP contribution in [0.4, 0.5) is 13.2 Å². The first-order valence-corrected chi connectivity index (χ1v) is 12.3. The smallest absolute Gasteiger partial charge is 0.411 e. The maximum absolute atomic E-state index is 12.6. The van der Waals surface area contributed by atoms with Crippen LogP contribution in [0, 0.1) is 0 Å². The van der Waals surface area contributed by atoms with Crippen LogP contribution in [0.5, 0.6) is 5.75 Å². The Morgan fingerprint density at radius 1 is 1.03 bits per heavy atom. The molecule has 0 spiro atoms. The van der Waals surface area contributed by atoms with Gasteiger partial charge in [0.15, 0.2) is 0 Å². The minimum atomic E-state index is -4.62. The molecule has 32 heavy (non-hydrogen) atoms. The summed E-state index contributed by atoms with van der Waals surface area (Å²) >= 11 is 3.13. The number of hydrogen-bond acceptors (Lipinski definition) is 7. The zero-order valence-corrected chi connectivity index (χ0v) is 19.1. The van der Waals surface area contributed by atoms with Crippen LogP contribution in [0.3, 0.4) is 0 Å². The summed E-state index contributed by atoms with van der Waals surface area (Å²) < 4.78 is 96.3. The zero-order valence-electron chi connectivity index (χ0n) is 15.9. The van der Waals surface area contributed by atoms with Gasteiger partial charge < -0.3 is 9.47 Å². The Morgan fingerprint density at radius 3 is 2.25 bits per heavy atom. The average Bonchev–Trinajstić information content (AvgIpc) is 2.67. The Kier molecular flexibility index (Phi) is 8.27. The molecule has 2 aromatic carbocycles. The van der Waals surface area contributed by atoms with Crippen LogP contribution < -0.4 is 14.6 Å². The molecule has 0 aliphatic rings. The van der Waals surface area contributed by atoms with E-state index in [2.05, 4.69) is 20.7 Å². The van der Waals surface area contributed by atoms with Crippen LogP contribution in [0.2, 0.25) is 0 Å². The molecule has 0 bridgehead atoms. The lowest BCUT2D eigenvalue weighted by Crippen LogP contribution is -2.32. The normalized spacial score (nSPS) is 12.4. The van der Waals surface area contributed by atoms with Gasteiger partial charge in [-0.15, -0.1) is 0 Å². The second kappa shape index (κ2) is 10.2. The molecule has 0 saturated carbocycles. The van der Waals surface area contributed by atoms with E-state index in [4.69, 9.17) is 9.88 Å². The summed E-state index contributed by atoms with van der Waals surface area (Å²) in [6, 6.07) is 8.19. The van der Waals surface area contributed by atoms with Gasteiger partial charge in [0.25, 0.3) is 15.9 Å². The summed E-state index contributed by atoms with van der Waals surface area (Å²) in [6.45, 7) is -2.11. The minimum Gasteiger partial charge on any atom is -0.490 e. The Hall–Kier alpha value is -2.20. The summed E-state index contributed by atoms with van der Waals surface area (Å²) in [7, 11) is -9.01. The molecule has 9 nitrogen and oxygen atoms in total. The van der Waals surface area contributed by atoms with E-state index in [9.17, 15) is 34.8 Å². The predicted molar refractivity (Wildman–Crippen MR) is 109 cm³/mol. The number of benzene rings is 2. The van der Waals surface area contributed by atoms with Gasteiger partial charge in [0.2, 0.25) is 10.0 Å². The Balaban J connectivity index is 2.15. The molecule has 0 unspecified atom stereocenters. The Bertz CT molecular complexity index is 1200. The van der Waals surface area contributed by atoms with Crippen molar-refractivity contribution in [1.82, 2.24) is 4.72 Å². The maximum Gasteiger partial charge on any atom is 0.411 e. The first kappa shape index (κ1) is 26.1. The summed E-state index contributed by atoms with van der Waals surface area (Å²) in [4.78, 5) is 11.0. The van der Waals surface area contributed by atoms with Crippen LogP contribution in [0.25, 0.3) is 0 Å². The van der Waals surface area contributed by atoms with Gasteiger partial charge in [0.05, 0.1) is 11.1 Å². The van der Waals surface area contributed by atoms with Gasteiger partial charge >= 0.3 is 6.18 Å². The molecule has 0 atom stereocenters. The number of rotatable bonds is 9. The van der Waals surface area contributed by atoms with Gasteiger partial charge in [-0.05, 0) is 46.3 Å². The van der Waals surface area contributed by atoms with Crippen LogP contribution in [-0.2, 0) is 24.8 Å². The molecule has 2 rings (SSSR count). The van der Waals surface area contributed by atoms with Crippen molar-refractivity contribution in [3.05, 3.63) is 52.5 Å². The summed E-state index contributed by atoms with van der Waals surface area (Å²) in [5, 5.41) is 5.03. The van der Waals surface area contributed by atoms with Gasteiger partial charge in [-0.2, -0.15) is 13.2 Å². The van der Waals surface area contributed by atoms with E-state index in [-0.39, 0.29) is 24.5 Å². The molecule has 0 saturated heterocycles. The Morgan fingerprint density at radius 2 is 1.66 bits per heavy atom. The van der Waals surface area contributed by atoms with Crippen molar-refractivity contribution in [1.29, 1.82) is 0 Å². The number of ether oxygens (including phenoxy) is 2. The molecule has 0 aliphatic carbocycles. The fourth-order valence-electron chi connectivity index (χ4n) is 2.30. The molecule has 0 aliphatic heterocycles. The number of nitrogens with one attached hydrogen (secondary N) is 1. The van der Waals surface area contributed by atoms with Crippen molar-refractivity contribution in [2.75, 3.05) is 19.8 Å². The number of carbonyl (C=O) groups is 1. The third kappa shape index (κ3) is 7.44. The Labute approximate surface area is 189 Å². The topological polar surface area (TPSA) is 142 Å². The lowest BCUT2D eigenvalue weighted by molar-refractivity contribution is -0.175. The predicted octanol–water partition coefficient (Wildman–Crippen LogP) is 2.17. The molecular formula is C17H16BrF3N2O7S2. The van der Waals surface area contributed by atoms with Crippen LogP contribution in [0.1, 0.15) is 10.4 Å². The molecule has 2 aromatic rings. The van der Waals surface area contributed by atoms with Gasteiger partial charge in [0.1, 0.15) is 28.8 Å². The van der Waals surface area contributed by atoms with Crippen LogP contribution in [0.15, 0.2) is 56.7 Å². The van der Waals surface area contributed by atoms with Gasteiger partial charge in [-0.3, -0.25) is 4.79 Å². The highest BCUT2D eigenvalue weighted by molar-refractivity contribution is 9.10. The SMILES string of the molecule is NS(=O)(=O)c1ccccc1S(=O)(=O)NC(=O)c1ccc(Br)c(OCCOCC(F)(F)F)c1. The first-order chi connectivity index (χ1) is 14.7. The molecule has 3 N–H and O–H groups in total. The fraction of sp³-hybridized carbons (Fsp3) is 0.235. The summed E-state index contributed by atoms with van der Waals surface area (Å²) in [5.41, 5.74) is -0.184. The average molecular weight is 561 g/mol.